The molecule has 2 aromatic carbocycles. The highest BCUT2D eigenvalue weighted by Gasteiger charge is 2.56. The summed E-state index contributed by atoms with van der Waals surface area (Å²) in [7, 11) is 1.39. The predicted octanol–water partition coefficient (Wildman–Crippen LogP) is 3.26. The molecule has 2 aliphatic rings. The highest BCUT2D eigenvalue weighted by Crippen LogP contribution is 2.40. The van der Waals surface area contributed by atoms with Gasteiger partial charge in [-0.05, 0) is 60.5 Å². The molecule has 1 amide bonds. The molecule has 3 heterocycles. The van der Waals surface area contributed by atoms with Crippen molar-refractivity contribution in [3.05, 3.63) is 71.4 Å². The van der Waals surface area contributed by atoms with Crippen LogP contribution in [0.2, 0.25) is 0 Å². The first-order valence-corrected chi connectivity index (χ1v) is 10.7. The zero-order valence-corrected chi connectivity index (χ0v) is 18.1. The summed E-state index contributed by atoms with van der Waals surface area (Å²) < 4.78 is 5.17. The third-order valence-electron chi connectivity index (χ3n) is 6.90. The van der Waals surface area contributed by atoms with E-state index >= 15 is 0 Å². The highest BCUT2D eigenvalue weighted by atomic mass is 16.5. The zero-order valence-electron chi connectivity index (χ0n) is 18.1. The van der Waals surface area contributed by atoms with E-state index in [4.69, 9.17) is 4.74 Å². The summed E-state index contributed by atoms with van der Waals surface area (Å²) >= 11 is 0. The van der Waals surface area contributed by atoms with Gasteiger partial charge in [-0.2, -0.15) is 0 Å². The van der Waals surface area contributed by atoms with Crippen LogP contribution >= 0.6 is 0 Å². The number of carbonyl (C=O) groups excluding carboxylic acids is 2. The molecule has 1 fully saturated rings. The van der Waals surface area contributed by atoms with Crippen molar-refractivity contribution < 1.29 is 14.3 Å². The lowest BCUT2D eigenvalue weighted by Gasteiger charge is -2.42. The monoisotopic (exact) mass is 417 g/mol. The molecule has 0 unspecified atom stereocenters. The van der Waals surface area contributed by atoms with Crippen LogP contribution in [0.15, 0.2) is 54.7 Å². The van der Waals surface area contributed by atoms with Gasteiger partial charge in [0.25, 0.3) is 0 Å². The van der Waals surface area contributed by atoms with Gasteiger partial charge in [0, 0.05) is 24.7 Å². The summed E-state index contributed by atoms with van der Waals surface area (Å²) in [4.78, 5) is 33.8. The normalized spacial score (nSPS) is 21.1. The van der Waals surface area contributed by atoms with Crippen LogP contribution in [0.4, 0.5) is 0 Å². The zero-order chi connectivity index (χ0) is 21.8. The molecule has 0 saturated carbocycles. The van der Waals surface area contributed by atoms with Gasteiger partial charge in [-0.3, -0.25) is 9.69 Å². The standard InChI is InChI=1S/C25H27N3O3/c1-25(2)27-15-19-7-5-4-6-17(19)14-21(27)23(29)28(25)22(24(30)31-3)13-16-8-9-20-18(12-16)10-11-26-20/h4-12,21-22,26H,13-15H2,1-3H3/t21-,22-/m0/s1. The molecule has 0 spiro atoms. The van der Waals surface area contributed by atoms with E-state index in [1.54, 1.807) is 4.90 Å². The smallest absolute Gasteiger partial charge is 0.328 e. The van der Waals surface area contributed by atoms with Crippen molar-refractivity contribution in [1.29, 1.82) is 0 Å². The van der Waals surface area contributed by atoms with Crippen molar-refractivity contribution in [2.24, 2.45) is 0 Å². The van der Waals surface area contributed by atoms with Crippen molar-refractivity contribution in [2.75, 3.05) is 7.11 Å². The second kappa shape index (κ2) is 7.24. The minimum atomic E-state index is -0.683. The van der Waals surface area contributed by atoms with Crippen molar-refractivity contribution in [3.63, 3.8) is 0 Å². The summed E-state index contributed by atoms with van der Waals surface area (Å²) in [5, 5.41) is 1.08. The first-order valence-electron chi connectivity index (χ1n) is 10.7. The minimum Gasteiger partial charge on any atom is -0.467 e. The maximum absolute atomic E-state index is 13.7. The molecule has 1 N–H and O–H groups in total. The van der Waals surface area contributed by atoms with Gasteiger partial charge in [0.1, 0.15) is 6.04 Å². The third-order valence-corrected chi connectivity index (χ3v) is 6.90. The van der Waals surface area contributed by atoms with E-state index in [9.17, 15) is 9.59 Å². The molecule has 3 aromatic rings. The molecule has 2 atom stereocenters. The molecule has 2 aliphatic heterocycles. The topological polar surface area (TPSA) is 65.6 Å². The number of H-pyrrole nitrogens is 1. The SMILES string of the molecule is COC(=O)[C@H](Cc1ccc2[nH]ccc2c1)N1C(=O)[C@@H]2Cc3ccccc3CN2C1(C)C. The van der Waals surface area contributed by atoms with Gasteiger partial charge < -0.3 is 14.6 Å². The van der Waals surface area contributed by atoms with Crippen LogP contribution in [0.1, 0.15) is 30.5 Å². The van der Waals surface area contributed by atoms with E-state index in [0.29, 0.717) is 19.4 Å². The average Bonchev–Trinajstić information content (AvgIpc) is 3.31. The Kier molecular flexibility index (Phi) is 4.63. The van der Waals surface area contributed by atoms with Gasteiger partial charge in [0.2, 0.25) is 5.91 Å². The fourth-order valence-electron chi connectivity index (χ4n) is 5.29. The van der Waals surface area contributed by atoms with Crippen LogP contribution in [-0.4, -0.2) is 51.5 Å². The lowest BCUT2D eigenvalue weighted by Crippen LogP contribution is -2.56. The molecule has 5 rings (SSSR count). The fraction of sp³-hybridized carbons (Fsp3) is 0.360. The lowest BCUT2D eigenvalue weighted by molar-refractivity contribution is -0.155. The number of amides is 1. The third kappa shape index (κ3) is 3.13. The van der Waals surface area contributed by atoms with Gasteiger partial charge in [-0.15, -0.1) is 0 Å². The molecule has 31 heavy (non-hydrogen) atoms. The van der Waals surface area contributed by atoms with Crippen molar-refractivity contribution in [3.8, 4) is 0 Å². The number of fused-ring (bicyclic) bond motifs is 3. The van der Waals surface area contributed by atoms with E-state index in [1.807, 2.05) is 50.4 Å². The van der Waals surface area contributed by atoms with Crippen molar-refractivity contribution in [2.45, 2.75) is 51.0 Å². The maximum atomic E-state index is 13.7. The minimum absolute atomic E-state index is 0.00220. The van der Waals surface area contributed by atoms with Gasteiger partial charge in [0.15, 0.2) is 0 Å². The molecular formula is C25H27N3O3. The Morgan fingerprint density at radius 3 is 2.74 bits per heavy atom. The molecule has 0 aliphatic carbocycles. The summed E-state index contributed by atoms with van der Waals surface area (Å²) in [6.07, 6.45) is 2.98. The van der Waals surface area contributed by atoms with Crippen LogP contribution in [0.3, 0.4) is 0 Å². The summed E-state index contributed by atoms with van der Waals surface area (Å²) in [5.74, 6) is -0.384. The quantitative estimate of drug-likeness (QED) is 0.662. The Labute approximate surface area is 181 Å². The fourth-order valence-corrected chi connectivity index (χ4v) is 5.29. The van der Waals surface area contributed by atoms with Crippen LogP contribution in [-0.2, 0) is 33.7 Å². The number of benzene rings is 2. The van der Waals surface area contributed by atoms with Crippen LogP contribution in [0.5, 0.6) is 0 Å². The number of carbonyl (C=O) groups is 2. The van der Waals surface area contributed by atoms with Gasteiger partial charge in [0.05, 0.1) is 18.8 Å². The average molecular weight is 418 g/mol. The van der Waals surface area contributed by atoms with Crippen LogP contribution in [0.25, 0.3) is 10.9 Å². The number of esters is 1. The second-order valence-electron chi connectivity index (χ2n) is 8.96. The van der Waals surface area contributed by atoms with E-state index in [2.05, 4.69) is 28.1 Å². The lowest BCUT2D eigenvalue weighted by atomic mass is 9.94. The highest BCUT2D eigenvalue weighted by molar-refractivity contribution is 5.91. The largest absolute Gasteiger partial charge is 0.467 e. The first kappa shape index (κ1) is 19.8. The van der Waals surface area contributed by atoms with Crippen LogP contribution < -0.4 is 0 Å². The second-order valence-corrected chi connectivity index (χ2v) is 8.96. The van der Waals surface area contributed by atoms with Gasteiger partial charge in [-0.25, -0.2) is 4.79 Å². The van der Waals surface area contributed by atoms with E-state index in [-0.39, 0.29) is 17.9 Å². The molecule has 0 radical (unpaired) electrons. The Bertz CT molecular complexity index is 1170. The first-order chi connectivity index (χ1) is 14.9. The van der Waals surface area contributed by atoms with E-state index in [0.717, 1.165) is 16.5 Å². The Hall–Kier alpha value is -3.12. The van der Waals surface area contributed by atoms with Crippen LogP contribution in [0, 0.1) is 0 Å². The Morgan fingerprint density at radius 2 is 1.97 bits per heavy atom. The number of aromatic amines is 1. The molecular weight excluding hydrogens is 390 g/mol. The van der Waals surface area contributed by atoms with Gasteiger partial charge in [-0.1, -0.05) is 30.3 Å². The number of aromatic nitrogens is 1. The number of nitrogens with zero attached hydrogens (tertiary/aromatic N) is 2. The summed E-state index contributed by atoms with van der Waals surface area (Å²) in [6.45, 7) is 4.76. The van der Waals surface area contributed by atoms with Gasteiger partial charge >= 0.3 is 5.97 Å². The predicted molar refractivity (Wildman–Crippen MR) is 118 cm³/mol. The summed E-state index contributed by atoms with van der Waals surface area (Å²) in [6, 6.07) is 15.4. The molecule has 1 saturated heterocycles. The molecule has 1 aromatic heterocycles. The Balaban J connectivity index is 1.50. The number of methoxy groups -OCH3 is 1. The molecule has 6 heteroatoms. The summed E-state index contributed by atoms with van der Waals surface area (Å²) in [5.41, 5.74) is 3.90. The maximum Gasteiger partial charge on any atom is 0.328 e. The van der Waals surface area contributed by atoms with Crippen molar-refractivity contribution in [1.82, 2.24) is 14.8 Å². The molecule has 6 nitrogen and oxygen atoms in total. The number of nitrogens with one attached hydrogen (secondary N) is 1. The number of hydrogen-bond acceptors (Lipinski definition) is 4. The molecule has 160 valence electrons. The van der Waals surface area contributed by atoms with E-state index in [1.165, 1.54) is 18.2 Å². The number of rotatable bonds is 4. The van der Waals surface area contributed by atoms with Crippen molar-refractivity contribution >= 4 is 22.8 Å². The Morgan fingerprint density at radius 1 is 1.19 bits per heavy atom. The molecule has 0 bridgehead atoms. The number of ether oxygens (including phenoxy) is 1. The number of hydrogen-bond donors (Lipinski definition) is 1. The van der Waals surface area contributed by atoms with E-state index < -0.39 is 11.7 Å².